The van der Waals surface area contributed by atoms with E-state index in [0.717, 1.165) is 11.3 Å². The Morgan fingerprint density at radius 3 is 2.70 bits per heavy atom. The second kappa shape index (κ2) is 8.56. The summed E-state index contributed by atoms with van der Waals surface area (Å²) in [5, 5.41) is 10.9. The highest BCUT2D eigenvalue weighted by molar-refractivity contribution is 5.97. The Kier molecular flexibility index (Phi) is 5.51. The van der Waals surface area contributed by atoms with Crippen LogP contribution in [0.4, 0.5) is 0 Å². The van der Waals surface area contributed by atoms with Gasteiger partial charge in [-0.2, -0.15) is 10.1 Å². The van der Waals surface area contributed by atoms with Gasteiger partial charge in [-0.1, -0.05) is 29.4 Å². The van der Waals surface area contributed by atoms with Gasteiger partial charge in [0.15, 0.2) is 6.61 Å². The topological polar surface area (TPSA) is 108 Å². The van der Waals surface area contributed by atoms with Crippen molar-refractivity contribution < 1.29 is 14.1 Å². The van der Waals surface area contributed by atoms with Gasteiger partial charge in [0.25, 0.3) is 5.91 Å². The molecule has 1 atom stereocenters. The Hall–Kier alpha value is -4.01. The van der Waals surface area contributed by atoms with Crippen LogP contribution in [0.1, 0.15) is 40.6 Å². The number of aryl methyl sites for hydroxylation is 1. The van der Waals surface area contributed by atoms with Crippen LogP contribution < -0.4 is 10.1 Å². The van der Waals surface area contributed by atoms with E-state index in [0.29, 0.717) is 23.0 Å². The van der Waals surface area contributed by atoms with E-state index < -0.39 is 0 Å². The third kappa shape index (κ3) is 4.35. The highest BCUT2D eigenvalue weighted by Crippen LogP contribution is 2.21. The maximum Gasteiger partial charge on any atom is 0.255 e. The molecule has 0 fully saturated rings. The molecule has 1 amide bonds. The van der Waals surface area contributed by atoms with Crippen LogP contribution in [0.5, 0.6) is 5.75 Å². The molecule has 0 aliphatic rings. The summed E-state index contributed by atoms with van der Waals surface area (Å²) in [6.45, 7) is 3.74. The van der Waals surface area contributed by atoms with E-state index in [1.54, 1.807) is 42.2 Å². The highest BCUT2D eigenvalue weighted by atomic mass is 16.5. The number of para-hydroxylation sites is 1. The summed E-state index contributed by atoms with van der Waals surface area (Å²) < 4.78 is 12.3. The molecule has 1 N–H and O–H groups in total. The smallest absolute Gasteiger partial charge is 0.255 e. The maximum absolute atomic E-state index is 12.9. The standard InChI is InChI=1S/C21H20N6O3/c1-14(16-7-9-17(10-8-16)27-13-22-12-23-27)24-21(28)18-5-3-4-6-19(18)29-11-20-25-15(2)30-26-20/h3-10,12-14H,11H2,1-2H3,(H,24,28). The first kappa shape index (κ1) is 19.3. The molecule has 2 aromatic heterocycles. The van der Waals surface area contributed by atoms with Gasteiger partial charge in [0.2, 0.25) is 11.7 Å². The van der Waals surface area contributed by atoms with Gasteiger partial charge in [-0.05, 0) is 36.8 Å². The fraction of sp³-hybridized carbons (Fsp3) is 0.190. The Morgan fingerprint density at radius 1 is 1.20 bits per heavy atom. The first-order valence-corrected chi connectivity index (χ1v) is 9.37. The number of carbonyl (C=O) groups excluding carboxylic acids is 1. The van der Waals surface area contributed by atoms with E-state index in [4.69, 9.17) is 9.26 Å². The second-order valence-electron chi connectivity index (χ2n) is 6.64. The minimum atomic E-state index is -0.234. The number of carbonyl (C=O) groups is 1. The van der Waals surface area contributed by atoms with E-state index in [-0.39, 0.29) is 18.6 Å². The van der Waals surface area contributed by atoms with E-state index in [1.165, 1.54) is 6.33 Å². The van der Waals surface area contributed by atoms with Crippen molar-refractivity contribution >= 4 is 5.91 Å². The lowest BCUT2D eigenvalue weighted by molar-refractivity contribution is 0.0935. The highest BCUT2D eigenvalue weighted by Gasteiger charge is 2.16. The number of nitrogens with zero attached hydrogens (tertiary/aromatic N) is 5. The molecule has 0 saturated heterocycles. The minimum absolute atomic E-state index is 0.112. The molecular formula is C21H20N6O3. The van der Waals surface area contributed by atoms with Crippen LogP contribution >= 0.6 is 0 Å². The van der Waals surface area contributed by atoms with E-state index in [2.05, 4.69) is 25.5 Å². The van der Waals surface area contributed by atoms with Gasteiger partial charge in [0, 0.05) is 6.92 Å². The lowest BCUT2D eigenvalue weighted by Crippen LogP contribution is -2.27. The number of ether oxygens (including phenoxy) is 1. The quantitative estimate of drug-likeness (QED) is 0.504. The summed E-state index contributed by atoms with van der Waals surface area (Å²) in [5.41, 5.74) is 2.29. The Balaban J connectivity index is 1.43. The van der Waals surface area contributed by atoms with Crippen molar-refractivity contribution in [2.24, 2.45) is 0 Å². The first-order valence-electron chi connectivity index (χ1n) is 9.37. The molecule has 2 heterocycles. The second-order valence-corrected chi connectivity index (χ2v) is 6.64. The van der Waals surface area contributed by atoms with Gasteiger partial charge >= 0.3 is 0 Å². The van der Waals surface area contributed by atoms with E-state index >= 15 is 0 Å². The molecule has 2 aromatic carbocycles. The molecule has 0 aliphatic carbocycles. The molecule has 0 saturated carbocycles. The molecule has 4 rings (SSSR count). The predicted molar refractivity (Wildman–Crippen MR) is 107 cm³/mol. The number of nitrogens with one attached hydrogen (secondary N) is 1. The zero-order valence-electron chi connectivity index (χ0n) is 16.5. The Morgan fingerprint density at radius 2 is 2.00 bits per heavy atom. The maximum atomic E-state index is 12.9. The normalized spacial score (nSPS) is 11.8. The zero-order valence-corrected chi connectivity index (χ0v) is 16.5. The van der Waals surface area contributed by atoms with Crippen molar-refractivity contribution in [2.75, 3.05) is 0 Å². The number of rotatable bonds is 7. The Labute approximate surface area is 172 Å². The lowest BCUT2D eigenvalue weighted by Gasteiger charge is -2.16. The van der Waals surface area contributed by atoms with Crippen molar-refractivity contribution in [3.05, 3.63) is 84.0 Å². The Bertz CT molecular complexity index is 1120. The predicted octanol–water partition coefficient (Wildman–Crippen LogP) is 3.03. The van der Waals surface area contributed by atoms with Gasteiger partial charge in [-0.3, -0.25) is 4.79 Å². The van der Waals surface area contributed by atoms with Gasteiger partial charge in [0.1, 0.15) is 18.4 Å². The summed E-state index contributed by atoms with van der Waals surface area (Å²) in [5.74, 6) is 1.10. The van der Waals surface area contributed by atoms with Crippen LogP contribution in [0.15, 0.2) is 65.7 Å². The molecule has 30 heavy (non-hydrogen) atoms. The van der Waals surface area contributed by atoms with E-state index in [9.17, 15) is 4.79 Å². The number of aromatic nitrogens is 5. The van der Waals surface area contributed by atoms with Crippen molar-refractivity contribution in [1.82, 2.24) is 30.2 Å². The van der Waals surface area contributed by atoms with Gasteiger partial charge in [-0.15, -0.1) is 0 Å². The molecule has 1 unspecified atom stereocenters. The largest absolute Gasteiger partial charge is 0.485 e. The number of hydrogen-bond donors (Lipinski definition) is 1. The number of hydrogen-bond acceptors (Lipinski definition) is 7. The summed E-state index contributed by atoms with van der Waals surface area (Å²) in [6.07, 6.45) is 3.11. The molecule has 0 aliphatic heterocycles. The molecule has 0 spiro atoms. The molecule has 4 aromatic rings. The average Bonchev–Trinajstić information content (AvgIpc) is 3.44. The van der Waals surface area contributed by atoms with Crippen LogP contribution in [0.2, 0.25) is 0 Å². The summed E-state index contributed by atoms with van der Waals surface area (Å²) in [4.78, 5) is 20.9. The van der Waals surface area contributed by atoms with Gasteiger partial charge in [-0.25, -0.2) is 9.67 Å². The van der Waals surface area contributed by atoms with Gasteiger partial charge < -0.3 is 14.6 Å². The third-order valence-corrected chi connectivity index (χ3v) is 4.48. The van der Waals surface area contributed by atoms with E-state index in [1.807, 2.05) is 31.2 Å². The van der Waals surface area contributed by atoms with Crippen molar-refractivity contribution in [2.45, 2.75) is 26.5 Å². The van der Waals surface area contributed by atoms with Crippen molar-refractivity contribution in [3.63, 3.8) is 0 Å². The SMILES string of the molecule is Cc1nc(COc2ccccc2C(=O)NC(C)c2ccc(-n3cncn3)cc2)no1. The number of benzene rings is 2. The number of amides is 1. The minimum Gasteiger partial charge on any atom is -0.485 e. The summed E-state index contributed by atoms with van der Waals surface area (Å²) in [6, 6.07) is 14.6. The fourth-order valence-electron chi connectivity index (χ4n) is 2.94. The van der Waals surface area contributed by atoms with Crippen LogP contribution in [0.25, 0.3) is 5.69 Å². The van der Waals surface area contributed by atoms with Crippen LogP contribution in [-0.4, -0.2) is 30.8 Å². The molecule has 9 nitrogen and oxygen atoms in total. The lowest BCUT2D eigenvalue weighted by atomic mass is 10.1. The van der Waals surface area contributed by atoms with Gasteiger partial charge in [0.05, 0.1) is 17.3 Å². The molecule has 0 bridgehead atoms. The van der Waals surface area contributed by atoms with Crippen molar-refractivity contribution in [3.8, 4) is 11.4 Å². The molecule has 9 heteroatoms. The van der Waals surface area contributed by atoms with Crippen molar-refractivity contribution in [1.29, 1.82) is 0 Å². The third-order valence-electron chi connectivity index (χ3n) is 4.48. The summed E-state index contributed by atoms with van der Waals surface area (Å²) >= 11 is 0. The monoisotopic (exact) mass is 404 g/mol. The molecule has 0 radical (unpaired) electrons. The fourth-order valence-corrected chi connectivity index (χ4v) is 2.94. The average molecular weight is 404 g/mol. The van der Waals surface area contributed by atoms with Crippen LogP contribution in [0, 0.1) is 6.92 Å². The molecular weight excluding hydrogens is 384 g/mol. The van der Waals surface area contributed by atoms with Crippen LogP contribution in [-0.2, 0) is 6.61 Å². The zero-order chi connectivity index (χ0) is 20.9. The molecule has 152 valence electrons. The first-order chi connectivity index (χ1) is 14.6. The van der Waals surface area contributed by atoms with Crippen LogP contribution in [0.3, 0.4) is 0 Å². The summed E-state index contributed by atoms with van der Waals surface area (Å²) in [7, 11) is 0.